The van der Waals surface area contributed by atoms with Crippen molar-refractivity contribution in [3.05, 3.63) is 52.6 Å². The standard InChI is InChI=1S/C25H34N4O3/c1-7-32-24-10-17(4)18(11-22(24)16(2)3)13-26-25(30)28-20-8-9-21(23(12-20)31-6)19-14-27-29(5)15-19/h8-12,14,16,19H,7,13,15H2,1-6H3,(H2,26,28,30). The Morgan fingerprint density at radius 3 is 2.66 bits per heavy atom. The quantitative estimate of drug-likeness (QED) is 0.617. The zero-order valence-electron chi connectivity index (χ0n) is 19.9. The van der Waals surface area contributed by atoms with E-state index in [-0.39, 0.29) is 11.9 Å². The molecule has 1 heterocycles. The molecule has 0 saturated heterocycles. The first-order valence-corrected chi connectivity index (χ1v) is 11.1. The molecule has 7 nitrogen and oxygen atoms in total. The van der Waals surface area contributed by atoms with E-state index in [1.807, 2.05) is 50.3 Å². The molecule has 0 fully saturated rings. The number of carbonyl (C=O) groups is 1. The van der Waals surface area contributed by atoms with E-state index in [2.05, 4.69) is 41.7 Å². The number of hydrogen-bond acceptors (Lipinski definition) is 5. The number of amides is 2. The molecule has 1 aliphatic heterocycles. The van der Waals surface area contributed by atoms with Gasteiger partial charge in [-0.3, -0.25) is 5.01 Å². The van der Waals surface area contributed by atoms with Crippen LogP contribution < -0.4 is 20.1 Å². The van der Waals surface area contributed by atoms with E-state index in [0.717, 1.165) is 40.3 Å². The summed E-state index contributed by atoms with van der Waals surface area (Å²) in [6.07, 6.45) is 1.92. The number of rotatable bonds is 8. The fourth-order valence-corrected chi connectivity index (χ4v) is 3.87. The van der Waals surface area contributed by atoms with E-state index in [9.17, 15) is 4.79 Å². The molecule has 0 saturated carbocycles. The van der Waals surface area contributed by atoms with Crippen molar-refractivity contribution in [1.29, 1.82) is 0 Å². The molecule has 0 spiro atoms. The molecular formula is C25H34N4O3. The first kappa shape index (κ1) is 23.4. The molecule has 0 bridgehead atoms. The zero-order chi connectivity index (χ0) is 23.3. The lowest BCUT2D eigenvalue weighted by Crippen LogP contribution is -2.28. The van der Waals surface area contributed by atoms with Crippen molar-refractivity contribution in [2.45, 2.75) is 46.1 Å². The van der Waals surface area contributed by atoms with Crippen LogP contribution in [0.5, 0.6) is 11.5 Å². The van der Waals surface area contributed by atoms with Gasteiger partial charge in [0.05, 0.1) is 13.7 Å². The topological polar surface area (TPSA) is 75.2 Å². The normalized spacial score (nSPS) is 15.2. The van der Waals surface area contributed by atoms with Crippen LogP contribution in [0.15, 0.2) is 35.4 Å². The van der Waals surface area contributed by atoms with Crippen LogP contribution in [-0.2, 0) is 6.54 Å². The van der Waals surface area contributed by atoms with E-state index in [1.54, 1.807) is 7.11 Å². The van der Waals surface area contributed by atoms with Crippen LogP contribution in [0.2, 0.25) is 0 Å². The Morgan fingerprint density at radius 1 is 1.25 bits per heavy atom. The van der Waals surface area contributed by atoms with E-state index in [0.29, 0.717) is 24.8 Å². The third-order valence-electron chi connectivity index (χ3n) is 5.63. The maximum absolute atomic E-state index is 12.6. The molecule has 0 aromatic heterocycles. The first-order valence-electron chi connectivity index (χ1n) is 11.1. The Kier molecular flexibility index (Phi) is 7.62. The molecule has 7 heteroatoms. The number of hydrazone groups is 1. The van der Waals surface area contributed by atoms with Crippen LogP contribution in [0, 0.1) is 6.92 Å². The number of methoxy groups -OCH3 is 1. The molecule has 1 unspecified atom stereocenters. The van der Waals surface area contributed by atoms with Gasteiger partial charge in [0.1, 0.15) is 11.5 Å². The van der Waals surface area contributed by atoms with Crippen molar-refractivity contribution in [2.75, 3.05) is 32.6 Å². The summed E-state index contributed by atoms with van der Waals surface area (Å²) in [5.74, 6) is 2.16. The van der Waals surface area contributed by atoms with Crippen molar-refractivity contribution >= 4 is 17.9 Å². The molecule has 1 aliphatic rings. The summed E-state index contributed by atoms with van der Waals surface area (Å²) in [7, 11) is 3.58. The van der Waals surface area contributed by atoms with Gasteiger partial charge in [0.25, 0.3) is 0 Å². The van der Waals surface area contributed by atoms with Crippen LogP contribution in [0.4, 0.5) is 10.5 Å². The van der Waals surface area contributed by atoms with Gasteiger partial charge in [-0.1, -0.05) is 19.9 Å². The van der Waals surface area contributed by atoms with Crippen molar-refractivity contribution in [1.82, 2.24) is 10.3 Å². The van der Waals surface area contributed by atoms with Gasteiger partial charge in [0.2, 0.25) is 0 Å². The summed E-state index contributed by atoms with van der Waals surface area (Å²) in [5.41, 5.74) is 5.05. The van der Waals surface area contributed by atoms with Gasteiger partial charge in [0, 0.05) is 49.6 Å². The Labute approximate surface area is 190 Å². The number of urea groups is 1. The molecule has 2 aromatic rings. The Balaban J connectivity index is 1.66. The largest absolute Gasteiger partial charge is 0.496 e. The average Bonchev–Trinajstić information content (AvgIpc) is 3.19. The lowest BCUT2D eigenvalue weighted by atomic mass is 9.96. The van der Waals surface area contributed by atoms with Crippen LogP contribution in [-0.4, -0.2) is 44.6 Å². The first-order chi connectivity index (χ1) is 15.3. The maximum Gasteiger partial charge on any atom is 0.319 e. The molecule has 2 aromatic carbocycles. The maximum atomic E-state index is 12.6. The van der Waals surface area contributed by atoms with E-state index < -0.39 is 0 Å². The van der Waals surface area contributed by atoms with Crippen LogP contribution in [0.3, 0.4) is 0 Å². The minimum Gasteiger partial charge on any atom is -0.496 e. The predicted octanol–water partition coefficient (Wildman–Crippen LogP) is 4.86. The molecule has 32 heavy (non-hydrogen) atoms. The molecule has 0 aliphatic carbocycles. The number of likely N-dealkylation sites (N-methyl/N-ethyl adjacent to an activating group) is 1. The van der Waals surface area contributed by atoms with Gasteiger partial charge in [-0.25, -0.2) is 4.79 Å². The number of ether oxygens (including phenoxy) is 2. The SMILES string of the molecule is CCOc1cc(C)c(CNC(=O)Nc2ccc(C3C=NN(C)C3)c(OC)c2)cc1C(C)C. The fourth-order valence-electron chi connectivity index (χ4n) is 3.87. The van der Waals surface area contributed by atoms with Gasteiger partial charge in [-0.2, -0.15) is 5.10 Å². The van der Waals surface area contributed by atoms with Crippen molar-refractivity contribution < 1.29 is 14.3 Å². The average molecular weight is 439 g/mol. The highest BCUT2D eigenvalue weighted by atomic mass is 16.5. The van der Waals surface area contributed by atoms with E-state index in [1.165, 1.54) is 0 Å². The highest BCUT2D eigenvalue weighted by Gasteiger charge is 2.21. The second-order valence-corrected chi connectivity index (χ2v) is 8.38. The Bertz CT molecular complexity index is 987. The Morgan fingerprint density at radius 2 is 2.03 bits per heavy atom. The summed E-state index contributed by atoms with van der Waals surface area (Å²) in [4.78, 5) is 12.6. The molecule has 1 atom stereocenters. The molecule has 2 N–H and O–H groups in total. The van der Waals surface area contributed by atoms with Crippen molar-refractivity contribution in [3.63, 3.8) is 0 Å². The third-order valence-corrected chi connectivity index (χ3v) is 5.63. The summed E-state index contributed by atoms with van der Waals surface area (Å²) in [6, 6.07) is 9.64. The number of nitrogens with one attached hydrogen (secondary N) is 2. The third kappa shape index (κ3) is 5.52. The predicted molar refractivity (Wildman–Crippen MR) is 129 cm³/mol. The van der Waals surface area contributed by atoms with Gasteiger partial charge in [0.15, 0.2) is 0 Å². The summed E-state index contributed by atoms with van der Waals surface area (Å²) in [5, 5.41) is 12.1. The number of benzene rings is 2. The smallest absolute Gasteiger partial charge is 0.319 e. The van der Waals surface area contributed by atoms with Crippen LogP contribution in [0.1, 0.15) is 54.9 Å². The van der Waals surface area contributed by atoms with Crippen molar-refractivity contribution in [3.8, 4) is 11.5 Å². The van der Waals surface area contributed by atoms with Crippen molar-refractivity contribution in [2.24, 2.45) is 5.10 Å². The van der Waals surface area contributed by atoms with Gasteiger partial charge >= 0.3 is 6.03 Å². The molecular weight excluding hydrogens is 404 g/mol. The summed E-state index contributed by atoms with van der Waals surface area (Å²) >= 11 is 0. The minimum atomic E-state index is -0.263. The highest BCUT2D eigenvalue weighted by Crippen LogP contribution is 2.32. The second-order valence-electron chi connectivity index (χ2n) is 8.38. The van der Waals surface area contributed by atoms with Crippen LogP contribution >= 0.6 is 0 Å². The lowest BCUT2D eigenvalue weighted by molar-refractivity contribution is 0.251. The molecule has 3 rings (SSSR count). The monoisotopic (exact) mass is 438 g/mol. The highest BCUT2D eigenvalue weighted by molar-refractivity contribution is 5.89. The minimum absolute atomic E-state index is 0.176. The molecule has 0 radical (unpaired) electrons. The second kappa shape index (κ2) is 10.4. The van der Waals surface area contributed by atoms with Gasteiger partial charge in [-0.15, -0.1) is 0 Å². The summed E-state index contributed by atoms with van der Waals surface area (Å²) < 4.78 is 11.4. The number of carbonyl (C=O) groups excluding carboxylic acids is 1. The summed E-state index contributed by atoms with van der Waals surface area (Å²) in [6.45, 7) is 10.2. The van der Waals surface area contributed by atoms with Crippen LogP contribution in [0.25, 0.3) is 0 Å². The molecule has 2 amide bonds. The number of aryl methyl sites for hydroxylation is 1. The van der Waals surface area contributed by atoms with E-state index in [4.69, 9.17) is 9.47 Å². The number of anilines is 1. The fraction of sp³-hybridized carbons (Fsp3) is 0.440. The number of nitrogens with zero attached hydrogens (tertiary/aromatic N) is 2. The lowest BCUT2D eigenvalue weighted by Gasteiger charge is -2.18. The zero-order valence-corrected chi connectivity index (χ0v) is 19.9. The van der Waals surface area contributed by atoms with E-state index >= 15 is 0 Å². The number of hydrogen-bond donors (Lipinski definition) is 2. The Hall–Kier alpha value is -3.22. The van der Waals surface area contributed by atoms with Gasteiger partial charge in [-0.05, 0) is 54.7 Å². The molecule has 172 valence electrons. The van der Waals surface area contributed by atoms with Gasteiger partial charge < -0.3 is 20.1 Å².